The molecule has 98 valence electrons. The zero-order chi connectivity index (χ0) is 14.0. The number of carboxylic acids is 1. The van der Waals surface area contributed by atoms with Crippen molar-refractivity contribution in [2.45, 2.75) is 6.92 Å². The number of para-hydroxylation sites is 1. The summed E-state index contributed by atoms with van der Waals surface area (Å²) in [5.41, 5.74) is 1.31. The van der Waals surface area contributed by atoms with E-state index in [4.69, 9.17) is 5.11 Å². The first-order valence-electron chi connectivity index (χ1n) is 5.52. The molecule has 2 aromatic rings. The molecule has 0 saturated heterocycles. The lowest BCUT2D eigenvalue weighted by Crippen LogP contribution is -2.09. The van der Waals surface area contributed by atoms with Gasteiger partial charge in [0.05, 0.1) is 18.4 Å². The Labute approximate surface area is 109 Å². The zero-order valence-electron chi connectivity index (χ0n) is 10.5. The lowest BCUT2D eigenvalue weighted by Gasteiger charge is -2.07. The van der Waals surface area contributed by atoms with Gasteiger partial charge in [0, 0.05) is 5.69 Å². The molecule has 1 N–H and O–H groups in total. The Morgan fingerprint density at radius 2 is 2.00 bits per heavy atom. The van der Waals surface area contributed by atoms with Gasteiger partial charge in [0.25, 0.3) is 0 Å². The van der Waals surface area contributed by atoms with Crippen LogP contribution in [0.25, 0.3) is 5.69 Å². The van der Waals surface area contributed by atoms with Crippen LogP contribution in [0.15, 0.2) is 30.3 Å². The maximum Gasteiger partial charge on any atom is 0.358 e. The number of aromatic nitrogens is 2. The van der Waals surface area contributed by atoms with E-state index >= 15 is 0 Å². The summed E-state index contributed by atoms with van der Waals surface area (Å²) in [6.07, 6.45) is 0. The number of rotatable bonds is 3. The lowest BCUT2D eigenvalue weighted by molar-refractivity contribution is 0.0593. The van der Waals surface area contributed by atoms with Crippen LogP contribution in [-0.4, -0.2) is 33.9 Å². The molecule has 2 rings (SSSR count). The van der Waals surface area contributed by atoms with Crippen molar-refractivity contribution >= 4 is 11.9 Å². The number of hydrogen-bond donors (Lipinski definition) is 1. The van der Waals surface area contributed by atoms with Crippen LogP contribution >= 0.6 is 0 Å². The van der Waals surface area contributed by atoms with E-state index in [2.05, 4.69) is 9.84 Å². The van der Waals surface area contributed by atoms with Crippen molar-refractivity contribution in [1.29, 1.82) is 0 Å². The van der Waals surface area contributed by atoms with Crippen LogP contribution < -0.4 is 0 Å². The summed E-state index contributed by atoms with van der Waals surface area (Å²) in [6, 6.07) is 8.00. The standard InChI is InChI=1S/C13H12N2O4/c1-8-7-10(13(18)19-2)14-15(8)11-6-4-3-5-9(11)12(16)17/h3-7H,1-2H3,(H,16,17). The van der Waals surface area contributed by atoms with E-state index < -0.39 is 11.9 Å². The van der Waals surface area contributed by atoms with Crippen LogP contribution in [-0.2, 0) is 4.74 Å². The molecule has 1 heterocycles. The normalized spacial score (nSPS) is 10.2. The van der Waals surface area contributed by atoms with Crippen LogP contribution in [0.3, 0.4) is 0 Å². The summed E-state index contributed by atoms with van der Waals surface area (Å²) in [6.45, 7) is 1.73. The third kappa shape index (κ3) is 2.33. The monoisotopic (exact) mass is 260 g/mol. The topological polar surface area (TPSA) is 81.4 Å². The minimum absolute atomic E-state index is 0.116. The minimum atomic E-state index is -1.05. The van der Waals surface area contributed by atoms with E-state index in [9.17, 15) is 9.59 Å². The number of nitrogens with zero attached hydrogens (tertiary/aromatic N) is 2. The summed E-state index contributed by atoms with van der Waals surface area (Å²) >= 11 is 0. The summed E-state index contributed by atoms with van der Waals surface area (Å²) in [7, 11) is 1.27. The van der Waals surface area contributed by atoms with Crippen molar-refractivity contribution in [2.24, 2.45) is 0 Å². The molecule has 0 saturated carbocycles. The number of carbonyl (C=O) groups excluding carboxylic acids is 1. The van der Waals surface area contributed by atoms with Crippen LogP contribution in [0.2, 0.25) is 0 Å². The van der Waals surface area contributed by atoms with Crippen LogP contribution in [0.4, 0.5) is 0 Å². The number of benzene rings is 1. The lowest BCUT2D eigenvalue weighted by atomic mass is 10.2. The maximum atomic E-state index is 11.4. The molecule has 0 aliphatic carbocycles. The number of aromatic carboxylic acids is 1. The summed E-state index contributed by atoms with van der Waals surface area (Å²) in [4.78, 5) is 22.6. The molecule has 0 aliphatic heterocycles. The molecule has 0 bridgehead atoms. The quantitative estimate of drug-likeness (QED) is 0.849. The number of carboxylic acid groups (broad SMARTS) is 1. The predicted octanol–water partition coefficient (Wildman–Crippen LogP) is 1.67. The van der Waals surface area contributed by atoms with Gasteiger partial charge in [0.15, 0.2) is 5.69 Å². The van der Waals surface area contributed by atoms with E-state index in [0.29, 0.717) is 11.4 Å². The van der Waals surface area contributed by atoms with Gasteiger partial charge in [-0.05, 0) is 25.1 Å². The SMILES string of the molecule is COC(=O)c1cc(C)n(-c2ccccc2C(=O)O)n1. The summed E-state index contributed by atoms with van der Waals surface area (Å²) in [5.74, 6) is -1.61. The Morgan fingerprint density at radius 1 is 1.32 bits per heavy atom. The first kappa shape index (κ1) is 12.8. The molecule has 0 fully saturated rings. The zero-order valence-corrected chi connectivity index (χ0v) is 10.5. The number of methoxy groups -OCH3 is 1. The Morgan fingerprint density at radius 3 is 2.63 bits per heavy atom. The summed E-state index contributed by atoms with van der Waals surface area (Å²) < 4.78 is 6.00. The molecule has 0 amide bonds. The molecule has 0 radical (unpaired) electrons. The van der Waals surface area contributed by atoms with Crippen molar-refractivity contribution < 1.29 is 19.4 Å². The van der Waals surface area contributed by atoms with E-state index in [1.165, 1.54) is 17.9 Å². The Bertz CT molecular complexity index is 646. The average molecular weight is 260 g/mol. The highest BCUT2D eigenvalue weighted by atomic mass is 16.5. The summed E-state index contributed by atoms with van der Waals surface area (Å²) in [5, 5.41) is 13.2. The van der Waals surface area contributed by atoms with Gasteiger partial charge in [0.1, 0.15) is 0 Å². The highest BCUT2D eigenvalue weighted by molar-refractivity contribution is 5.92. The van der Waals surface area contributed by atoms with Crippen LogP contribution in [0.1, 0.15) is 26.5 Å². The number of carbonyl (C=O) groups is 2. The van der Waals surface area contributed by atoms with Crippen molar-refractivity contribution in [3.05, 3.63) is 47.3 Å². The molecule has 1 aromatic carbocycles. The van der Waals surface area contributed by atoms with E-state index in [1.807, 2.05) is 0 Å². The highest BCUT2D eigenvalue weighted by Crippen LogP contribution is 2.17. The van der Waals surface area contributed by atoms with Gasteiger partial charge in [-0.25, -0.2) is 14.3 Å². The average Bonchev–Trinajstić information content (AvgIpc) is 2.79. The second kappa shape index (κ2) is 4.93. The van der Waals surface area contributed by atoms with Crippen molar-refractivity contribution in [3.63, 3.8) is 0 Å². The second-order valence-corrected chi connectivity index (χ2v) is 3.90. The molecule has 6 nitrogen and oxygen atoms in total. The first-order chi connectivity index (χ1) is 9.04. The second-order valence-electron chi connectivity index (χ2n) is 3.90. The van der Waals surface area contributed by atoms with Gasteiger partial charge in [-0.3, -0.25) is 0 Å². The van der Waals surface area contributed by atoms with Gasteiger partial charge < -0.3 is 9.84 Å². The Balaban J connectivity index is 2.57. The van der Waals surface area contributed by atoms with Crippen molar-refractivity contribution in [3.8, 4) is 5.69 Å². The van der Waals surface area contributed by atoms with Gasteiger partial charge in [-0.15, -0.1) is 0 Å². The first-order valence-corrected chi connectivity index (χ1v) is 5.52. The minimum Gasteiger partial charge on any atom is -0.478 e. The number of aryl methyl sites for hydroxylation is 1. The molecule has 0 unspecified atom stereocenters. The maximum absolute atomic E-state index is 11.4. The fourth-order valence-corrected chi connectivity index (χ4v) is 1.76. The van der Waals surface area contributed by atoms with E-state index in [0.717, 1.165) is 0 Å². The third-order valence-corrected chi connectivity index (χ3v) is 2.64. The van der Waals surface area contributed by atoms with Gasteiger partial charge in [-0.2, -0.15) is 5.10 Å². The number of hydrogen-bond acceptors (Lipinski definition) is 4. The van der Waals surface area contributed by atoms with E-state index in [-0.39, 0.29) is 11.3 Å². The van der Waals surface area contributed by atoms with Gasteiger partial charge in [-0.1, -0.05) is 12.1 Å². The van der Waals surface area contributed by atoms with E-state index in [1.54, 1.807) is 31.2 Å². The van der Waals surface area contributed by atoms with Crippen LogP contribution in [0, 0.1) is 6.92 Å². The fourth-order valence-electron chi connectivity index (χ4n) is 1.76. The highest BCUT2D eigenvalue weighted by Gasteiger charge is 2.17. The molecule has 19 heavy (non-hydrogen) atoms. The van der Waals surface area contributed by atoms with Gasteiger partial charge >= 0.3 is 11.9 Å². The van der Waals surface area contributed by atoms with Crippen molar-refractivity contribution in [1.82, 2.24) is 9.78 Å². The smallest absolute Gasteiger partial charge is 0.358 e. The fraction of sp³-hybridized carbons (Fsp3) is 0.154. The molecule has 1 aromatic heterocycles. The molecular weight excluding hydrogens is 248 g/mol. The Hall–Kier alpha value is -2.63. The number of esters is 1. The number of ether oxygens (including phenoxy) is 1. The molecule has 0 atom stereocenters. The molecule has 0 spiro atoms. The molecule has 0 aliphatic rings. The molecule has 6 heteroatoms. The third-order valence-electron chi connectivity index (χ3n) is 2.64. The largest absolute Gasteiger partial charge is 0.478 e. The Kier molecular flexibility index (Phi) is 3.33. The van der Waals surface area contributed by atoms with Gasteiger partial charge in [0.2, 0.25) is 0 Å². The van der Waals surface area contributed by atoms with Crippen molar-refractivity contribution in [2.75, 3.05) is 7.11 Å². The molecular formula is C13H12N2O4. The predicted molar refractivity (Wildman–Crippen MR) is 66.6 cm³/mol. The van der Waals surface area contributed by atoms with Crippen LogP contribution in [0.5, 0.6) is 0 Å².